The van der Waals surface area contributed by atoms with Crippen LogP contribution in [0.15, 0.2) is 47.1 Å². The molecular formula is C28H34O5S. The van der Waals surface area contributed by atoms with E-state index in [1.807, 2.05) is 6.08 Å². The van der Waals surface area contributed by atoms with Crippen LogP contribution in [0, 0.1) is 17.3 Å². The SMILES string of the molecule is C[C@]12CC(c3ccc(CCCOS(C)(=O)=O)cc3)C3=C4CCC(=O)C=C4CC[C@H]3[C@@H]1CCC2=O. The number of Topliss-reactive ketones (excluding diaryl/α,β-unsaturated/α-hetero) is 1. The van der Waals surface area contributed by atoms with Gasteiger partial charge in [-0.05, 0) is 85.1 Å². The van der Waals surface area contributed by atoms with Crippen molar-refractivity contribution in [1.29, 1.82) is 0 Å². The Hall–Kier alpha value is -2.05. The largest absolute Gasteiger partial charge is 0.299 e. The second kappa shape index (κ2) is 8.87. The highest BCUT2D eigenvalue weighted by Gasteiger charge is 2.56. The van der Waals surface area contributed by atoms with Crippen molar-refractivity contribution in [2.75, 3.05) is 12.9 Å². The van der Waals surface area contributed by atoms with E-state index in [2.05, 4.69) is 31.2 Å². The molecule has 34 heavy (non-hydrogen) atoms. The van der Waals surface area contributed by atoms with E-state index in [1.54, 1.807) is 0 Å². The number of carbonyl (C=O) groups is 2. The molecule has 0 heterocycles. The number of carbonyl (C=O) groups excluding carboxylic acids is 2. The maximum Gasteiger partial charge on any atom is 0.264 e. The van der Waals surface area contributed by atoms with Crippen LogP contribution in [-0.2, 0) is 30.3 Å². The van der Waals surface area contributed by atoms with Gasteiger partial charge in [-0.2, -0.15) is 8.42 Å². The zero-order valence-corrected chi connectivity index (χ0v) is 21.0. The van der Waals surface area contributed by atoms with Crippen molar-refractivity contribution >= 4 is 21.7 Å². The standard InChI is InChI=1S/C28H34O5S/c1-28-17-24(19-7-5-18(6-8-19)4-3-15-33-34(2,31)32)27-22-12-10-21(29)16-20(22)9-11-23(27)25(28)13-14-26(28)30/h5-8,16,23-25H,3-4,9-15,17H2,1-2H3/t23-,24?,25-,28-/m0/s1. The molecule has 6 heteroatoms. The molecule has 5 nitrogen and oxygen atoms in total. The highest BCUT2D eigenvalue weighted by molar-refractivity contribution is 7.85. The molecule has 0 amide bonds. The number of hydrogen-bond donors (Lipinski definition) is 0. The van der Waals surface area contributed by atoms with Crippen LogP contribution in [0.4, 0.5) is 0 Å². The van der Waals surface area contributed by atoms with Crippen molar-refractivity contribution < 1.29 is 22.2 Å². The average Bonchev–Trinajstić information content (AvgIpc) is 3.10. The average molecular weight is 483 g/mol. The molecule has 182 valence electrons. The van der Waals surface area contributed by atoms with E-state index in [9.17, 15) is 18.0 Å². The fraction of sp³-hybridized carbons (Fsp3) is 0.571. The lowest BCUT2D eigenvalue weighted by molar-refractivity contribution is -0.128. The van der Waals surface area contributed by atoms with Crippen molar-refractivity contribution in [3.8, 4) is 0 Å². The van der Waals surface area contributed by atoms with E-state index >= 15 is 0 Å². The molecule has 2 fully saturated rings. The molecule has 4 aliphatic carbocycles. The fourth-order valence-electron chi connectivity index (χ4n) is 7.13. The number of aryl methyl sites for hydroxylation is 1. The van der Waals surface area contributed by atoms with Gasteiger partial charge in [0.2, 0.25) is 0 Å². The van der Waals surface area contributed by atoms with Gasteiger partial charge in [0.15, 0.2) is 5.78 Å². The van der Waals surface area contributed by atoms with Gasteiger partial charge in [0.1, 0.15) is 5.78 Å². The van der Waals surface area contributed by atoms with E-state index in [0.717, 1.165) is 50.3 Å². The third-order valence-corrected chi connectivity index (χ3v) is 9.33. The van der Waals surface area contributed by atoms with E-state index < -0.39 is 10.1 Å². The van der Waals surface area contributed by atoms with Gasteiger partial charge in [-0.3, -0.25) is 13.8 Å². The van der Waals surface area contributed by atoms with E-state index in [-0.39, 0.29) is 23.7 Å². The van der Waals surface area contributed by atoms with Gasteiger partial charge in [0, 0.05) is 24.2 Å². The molecule has 0 bridgehead atoms. The fourth-order valence-corrected chi connectivity index (χ4v) is 7.56. The van der Waals surface area contributed by atoms with Crippen LogP contribution in [0.5, 0.6) is 0 Å². The monoisotopic (exact) mass is 482 g/mol. The molecule has 1 unspecified atom stereocenters. The topological polar surface area (TPSA) is 77.5 Å². The first-order valence-electron chi connectivity index (χ1n) is 12.6. The second-order valence-corrected chi connectivity index (χ2v) is 12.5. The van der Waals surface area contributed by atoms with Gasteiger partial charge in [0.25, 0.3) is 10.1 Å². The Morgan fingerprint density at radius 2 is 1.79 bits per heavy atom. The van der Waals surface area contributed by atoms with Crippen LogP contribution >= 0.6 is 0 Å². The van der Waals surface area contributed by atoms with Crippen molar-refractivity contribution in [3.05, 3.63) is 58.2 Å². The van der Waals surface area contributed by atoms with Crippen LogP contribution in [0.1, 0.15) is 75.3 Å². The molecule has 0 spiro atoms. The second-order valence-electron chi connectivity index (χ2n) is 10.8. The first kappa shape index (κ1) is 23.7. The number of rotatable bonds is 6. The van der Waals surface area contributed by atoms with Crippen molar-refractivity contribution in [2.45, 2.75) is 70.6 Å². The van der Waals surface area contributed by atoms with Crippen molar-refractivity contribution in [2.24, 2.45) is 17.3 Å². The number of benzene rings is 1. The smallest absolute Gasteiger partial charge is 0.264 e. The van der Waals surface area contributed by atoms with Gasteiger partial charge in [-0.25, -0.2) is 0 Å². The number of allylic oxidation sites excluding steroid dienone is 4. The lowest BCUT2D eigenvalue weighted by atomic mass is 9.53. The van der Waals surface area contributed by atoms with E-state index in [0.29, 0.717) is 36.9 Å². The van der Waals surface area contributed by atoms with Crippen LogP contribution < -0.4 is 0 Å². The highest BCUT2D eigenvalue weighted by Crippen LogP contribution is 2.62. The number of hydrogen-bond acceptors (Lipinski definition) is 5. The lowest BCUT2D eigenvalue weighted by Gasteiger charge is -2.50. The normalized spacial score (nSPS) is 31.1. The molecule has 0 aromatic heterocycles. The molecule has 0 saturated heterocycles. The zero-order chi connectivity index (χ0) is 24.1. The van der Waals surface area contributed by atoms with Gasteiger partial charge in [-0.1, -0.05) is 36.8 Å². The predicted molar refractivity (Wildman–Crippen MR) is 131 cm³/mol. The quantitative estimate of drug-likeness (QED) is 0.418. The minimum Gasteiger partial charge on any atom is -0.299 e. The summed E-state index contributed by atoms with van der Waals surface area (Å²) in [5.41, 5.74) is 6.30. The van der Waals surface area contributed by atoms with Gasteiger partial charge in [0.05, 0.1) is 12.9 Å². The first-order chi connectivity index (χ1) is 16.2. The summed E-state index contributed by atoms with van der Waals surface area (Å²) >= 11 is 0. The summed E-state index contributed by atoms with van der Waals surface area (Å²) in [6, 6.07) is 8.64. The van der Waals surface area contributed by atoms with Gasteiger partial charge in [-0.15, -0.1) is 0 Å². The van der Waals surface area contributed by atoms with Crippen molar-refractivity contribution in [3.63, 3.8) is 0 Å². The number of fused-ring (bicyclic) bond motifs is 4. The summed E-state index contributed by atoms with van der Waals surface area (Å²) in [6.07, 6.45) is 10.3. The zero-order valence-electron chi connectivity index (χ0n) is 20.1. The molecule has 5 rings (SSSR count). The minimum absolute atomic E-state index is 0.191. The van der Waals surface area contributed by atoms with Gasteiger partial charge < -0.3 is 0 Å². The Morgan fingerprint density at radius 1 is 1.03 bits per heavy atom. The van der Waals surface area contributed by atoms with Crippen molar-refractivity contribution in [1.82, 2.24) is 0 Å². The van der Waals surface area contributed by atoms with Gasteiger partial charge >= 0.3 is 0 Å². The molecule has 1 aromatic rings. The summed E-state index contributed by atoms with van der Waals surface area (Å²) < 4.78 is 27.2. The Morgan fingerprint density at radius 3 is 2.53 bits per heavy atom. The molecule has 4 aliphatic rings. The Balaban J connectivity index is 1.45. The lowest BCUT2D eigenvalue weighted by Crippen LogP contribution is -2.43. The van der Waals surface area contributed by atoms with Crippen LogP contribution in [0.3, 0.4) is 0 Å². The van der Waals surface area contributed by atoms with E-state index in [4.69, 9.17) is 4.18 Å². The summed E-state index contributed by atoms with van der Waals surface area (Å²) in [5, 5.41) is 0. The summed E-state index contributed by atoms with van der Waals surface area (Å²) in [6.45, 7) is 2.39. The summed E-state index contributed by atoms with van der Waals surface area (Å²) in [4.78, 5) is 25.2. The maximum absolute atomic E-state index is 13.1. The Labute approximate surface area is 202 Å². The summed E-state index contributed by atoms with van der Waals surface area (Å²) in [5.74, 6) is 1.74. The van der Waals surface area contributed by atoms with E-state index in [1.165, 1.54) is 22.3 Å². The minimum atomic E-state index is -3.40. The molecule has 1 aromatic carbocycles. The molecule has 2 saturated carbocycles. The van der Waals surface area contributed by atoms with Crippen LogP contribution in [0.25, 0.3) is 0 Å². The molecule has 4 atom stereocenters. The Kier molecular flexibility index (Phi) is 6.18. The molecule has 0 radical (unpaired) electrons. The molecule has 0 aliphatic heterocycles. The summed E-state index contributed by atoms with van der Waals surface area (Å²) in [7, 11) is -3.40. The molecule has 0 N–H and O–H groups in total. The highest BCUT2D eigenvalue weighted by atomic mass is 32.2. The first-order valence-corrected chi connectivity index (χ1v) is 14.4. The third kappa shape index (κ3) is 4.35. The predicted octanol–water partition coefficient (Wildman–Crippen LogP) is 5.06. The Bertz CT molecular complexity index is 1170. The number of ketones is 2. The van der Waals surface area contributed by atoms with Crippen LogP contribution in [-0.4, -0.2) is 32.8 Å². The van der Waals surface area contributed by atoms with Crippen LogP contribution in [0.2, 0.25) is 0 Å². The maximum atomic E-state index is 13.1. The third-order valence-electron chi connectivity index (χ3n) is 8.73. The molecular weight excluding hydrogens is 448 g/mol.